The van der Waals surface area contributed by atoms with Gasteiger partial charge in [-0.3, -0.25) is 13.9 Å². The molecular formula is C27H39N3O5S. The number of carbonyl (C=O) groups is 2. The van der Waals surface area contributed by atoms with Crippen molar-refractivity contribution in [2.75, 3.05) is 30.3 Å². The van der Waals surface area contributed by atoms with Gasteiger partial charge in [0.05, 0.1) is 18.6 Å². The lowest BCUT2D eigenvalue weighted by Crippen LogP contribution is -2.52. The van der Waals surface area contributed by atoms with Crippen LogP contribution in [0.2, 0.25) is 0 Å². The van der Waals surface area contributed by atoms with Gasteiger partial charge in [-0.1, -0.05) is 50.1 Å². The summed E-state index contributed by atoms with van der Waals surface area (Å²) in [6.07, 6.45) is 3.25. The summed E-state index contributed by atoms with van der Waals surface area (Å²) in [5, 5.41) is 2.92. The fourth-order valence-corrected chi connectivity index (χ4v) is 4.77. The van der Waals surface area contributed by atoms with Crippen LogP contribution in [-0.2, 0) is 26.2 Å². The fourth-order valence-electron chi connectivity index (χ4n) is 3.92. The molecule has 36 heavy (non-hydrogen) atoms. The molecule has 0 fully saturated rings. The molecule has 0 aliphatic carbocycles. The van der Waals surface area contributed by atoms with Gasteiger partial charge in [0.15, 0.2) is 0 Å². The van der Waals surface area contributed by atoms with E-state index in [4.69, 9.17) is 4.74 Å². The number of hydrogen-bond acceptors (Lipinski definition) is 5. The highest BCUT2D eigenvalue weighted by molar-refractivity contribution is 7.92. The SMILES string of the molecule is CCCCNC(=O)C(CC)N(Cc1cccc(C)c1)C(=O)CN(c1ccc(OCC)cc1)S(C)(=O)=O. The predicted octanol–water partition coefficient (Wildman–Crippen LogP) is 3.88. The van der Waals surface area contributed by atoms with Crippen molar-refractivity contribution in [1.29, 1.82) is 0 Å². The number of carbonyl (C=O) groups excluding carboxylic acids is 2. The Hall–Kier alpha value is -3.07. The number of anilines is 1. The van der Waals surface area contributed by atoms with Gasteiger partial charge in [0.2, 0.25) is 21.8 Å². The second-order valence-electron chi connectivity index (χ2n) is 8.78. The monoisotopic (exact) mass is 517 g/mol. The van der Waals surface area contributed by atoms with Crippen LogP contribution < -0.4 is 14.4 Å². The number of aryl methyl sites for hydroxylation is 1. The summed E-state index contributed by atoms with van der Waals surface area (Å²) >= 11 is 0. The zero-order valence-corrected chi connectivity index (χ0v) is 22.8. The van der Waals surface area contributed by atoms with Crippen LogP contribution in [-0.4, -0.2) is 57.1 Å². The summed E-state index contributed by atoms with van der Waals surface area (Å²) in [6, 6.07) is 13.6. The quantitative estimate of drug-likeness (QED) is 0.384. The first-order valence-corrected chi connectivity index (χ1v) is 14.3. The number of benzene rings is 2. The van der Waals surface area contributed by atoms with E-state index in [0.29, 0.717) is 31.0 Å². The van der Waals surface area contributed by atoms with E-state index in [1.165, 1.54) is 4.90 Å². The van der Waals surface area contributed by atoms with Crippen LogP contribution in [0.15, 0.2) is 48.5 Å². The Morgan fingerprint density at radius 2 is 1.75 bits per heavy atom. The van der Waals surface area contributed by atoms with Crippen LogP contribution in [0.4, 0.5) is 5.69 Å². The second kappa shape index (κ2) is 13.9. The van der Waals surface area contributed by atoms with Crippen molar-refractivity contribution in [3.63, 3.8) is 0 Å². The molecule has 0 saturated carbocycles. The highest BCUT2D eigenvalue weighted by Crippen LogP contribution is 2.23. The molecule has 2 rings (SSSR count). The first-order valence-electron chi connectivity index (χ1n) is 12.4. The highest BCUT2D eigenvalue weighted by atomic mass is 32.2. The van der Waals surface area contributed by atoms with E-state index >= 15 is 0 Å². The van der Waals surface area contributed by atoms with Gasteiger partial charge in [-0.25, -0.2) is 8.42 Å². The van der Waals surface area contributed by atoms with Crippen LogP contribution in [0.1, 0.15) is 51.2 Å². The number of unbranched alkanes of at least 4 members (excludes halogenated alkanes) is 1. The Morgan fingerprint density at radius 3 is 2.31 bits per heavy atom. The Kier molecular flexibility index (Phi) is 11.2. The molecule has 8 nitrogen and oxygen atoms in total. The zero-order valence-electron chi connectivity index (χ0n) is 22.0. The Morgan fingerprint density at radius 1 is 1.06 bits per heavy atom. The molecule has 1 unspecified atom stereocenters. The molecule has 0 bridgehead atoms. The summed E-state index contributed by atoms with van der Waals surface area (Å²) in [7, 11) is -3.78. The van der Waals surface area contributed by atoms with Gasteiger partial charge in [0, 0.05) is 13.1 Å². The molecule has 2 aromatic carbocycles. The largest absolute Gasteiger partial charge is 0.494 e. The molecule has 0 aromatic heterocycles. The third-order valence-electron chi connectivity index (χ3n) is 5.77. The van der Waals surface area contributed by atoms with E-state index in [1.807, 2.05) is 52.0 Å². The standard InChI is InChI=1S/C27H39N3O5S/c1-6-9-17-28-27(32)25(7-2)29(19-22-12-10-11-21(4)18-22)26(31)20-30(36(5,33)34)23-13-15-24(16-14-23)35-8-3/h10-16,18,25H,6-9,17,19-20H2,1-5H3,(H,28,32). The molecule has 0 radical (unpaired) electrons. The number of rotatable bonds is 14. The van der Waals surface area contributed by atoms with Gasteiger partial charge in [0.1, 0.15) is 18.3 Å². The first-order chi connectivity index (χ1) is 17.1. The maximum atomic E-state index is 13.7. The molecule has 2 amide bonds. The van der Waals surface area contributed by atoms with Gasteiger partial charge in [0.25, 0.3) is 0 Å². The van der Waals surface area contributed by atoms with Crippen molar-refractivity contribution < 1.29 is 22.7 Å². The van der Waals surface area contributed by atoms with Crippen LogP contribution in [0.5, 0.6) is 5.75 Å². The van der Waals surface area contributed by atoms with E-state index in [-0.39, 0.29) is 12.5 Å². The second-order valence-corrected chi connectivity index (χ2v) is 10.7. The van der Waals surface area contributed by atoms with Crippen molar-refractivity contribution >= 4 is 27.5 Å². The molecule has 1 atom stereocenters. The van der Waals surface area contributed by atoms with Gasteiger partial charge in [-0.05, 0) is 56.5 Å². The predicted molar refractivity (Wildman–Crippen MR) is 144 cm³/mol. The number of hydrogen-bond donors (Lipinski definition) is 1. The fraction of sp³-hybridized carbons (Fsp3) is 0.481. The molecule has 0 spiro atoms. The maximum absolute atomic E-state index is 13.7. The minimum atomic E-state index is -3.78. The summed E-state index contributed by atoms with van der Waals surface area (Å²) < 4.78 is 31.9. The molecule has 2 aromatic rings. The van der Waals surface area contributed by atoms with E-state index in [9.17, 15) is 18.0 Å². The molecule has 0 heterocycles. The molecule has 198 valence electrons. The Balaban J connectivity index is 2.38. The minimum absolute atomic E-state index is 0.196. The minimum Gasteiger partial charge on any atom is -0.494 e. The number of ether oxygens (including phenoxy) is 1. The van der Waals surface area contributed by atoms with Crippen molar-refractivity contribution in [2.24, 2.45) is 0 Å². The van der Waals surface area contributed by atoms with E-state index < -0.39 is 28.5 Å². The van der Waals surface area contributed by atoms with Crippen LogP contribution in [0.25, 0.3) is 0 Å². The summed E-state index contributed by atoms with van der Waals surface area (Å²) in [6.45, 7) is 8.50. The molecular weight excluding hydrogens is 478 g/mol. The topological polar surface area (TPSA) is 96.0 Å². The average molecular weight is 518 g/mol. The highest BCUT2D eigenvalue weighted by Gasteiger charge is 2.31. The normalized spacial score (nSPS) is 12.0. The van der Waals surface area contributed by atoms with Gasteiger partial charge >= 0.3 is 0 Å². The molecule has 0 aliphatic rings. The third kappa shape index (κ3) is 8.55. The molecule has 0 saturated heterocycles. The number of amides is 2. The summed E-state index contributed by atoms with van der Waals surface area (Å²) in [4.78, 5) is 28.2. The van der Waals surface area contributed by atoms with Crippen molar-refractivity contribution in [3.8, 4) is 5.75 Å². The van der Waals surface area contributed by atoms with Gasteiger partial charge < -0.3 is 15.0 Å². The average Bonchev–Trinajstić information content (AvgIpc) is 2.82. The Bertz CT molecular complexity index is 1100. The maximum Gasteiger partial charge on any atom is 0.244 e. The zero-order chi connectivity index (χ0) is 26.7. The lowest BCUT2D eigenvalue weighted by atomic mass is 10.1. The Labute approximate surface area is 215 Å². The smallest absolute Gasteiger partial charge is 0.244 e. The van der Waals surface area contributed by atoms with E-state index in [1.54, 1.807) is 24.3 Å². The van der Waals surface area contributed by atoms with Crippen molar-refractivity contribution in [3.05, 3.63) is 59.7 Å². The number of sulfonamides is 1. The third-order valence-corrected chi connectivity index (χ3v) is 6.91. The van der Waals surface area contributed by atoms with E-state index in [2.05, 4.69) is 5.32 Å². The van der Waals surface area contributed by atoms with Crippen LogP contribution in [0.3, 0.4) is 0 Å². The molecule has 0 aliphatic heterocycles. The van der Waals surface area contributed by atoms with Gasteiger partial charge in [-0.2, -0.15) is 0 Å². The van der Waals surface area contributed by atoms with Crippen molar-refractivity contribution in [2.45, 2.75) is 59.5 Å². The summed E-state index contributed by atoms with van der Waals surface area (Å²) in [5.41, 5.74) is 2.26. The molecule has 9 heteroatoms. The van der Waals surface area contributed by atoms with Crippen LogP contribution >= 0.6 is 0 Å². The van der Waals surface area contributed by atoms with Gasteiger partial charge in [-0.15, -0.1) is 0 Å². The van der Waals surface area contributed by atoms with Crippen molar-refractivity contribution in [1.82, 2.24) is 10.2 Å². The first kappa shape index (κ1) is 29.2. The lowest BCUT2D eigenvalue weighted by molar-refractivity contribution is -0.140. The van der Waals surface area contributed by atoms with Crippen LogP contribution in [0, 0.1) is 6.92 Å². The molecule has 1 N–H and O–H groups in total. The lowest BCUT2D eigenvalue weighted by Gasteiger charge is -2.33. The summed E-state index contributed by atoms with van der Waals surface area (Å²) in [5.74, 6) is -0.0795. The number of nitrogens with one attached hydrogen (secondary N) is 1. The van der Waals surface area contributed by atoms with E-state index in [0.717, 1.165) is 34.5 Å². The number of nitrogens with zero attached hydrogens (tertiary/aromatic N) is 2.